The van der Waals surface area contributed by atoms with E-state index in [0.717, 1.165) is 36.6 Å². The highest BCUT2D eigenvalue weighted by molar-refractivity contribution is 7.16. The maximum Gasteiger partial charge on any atom is 0.140 e. The highest BCUT2D eigenvalue weighted by Gasteiger charge is 2.21. The van der Waals surface area contributed by atoms with Crippen LogP contribution in [-0.2, 0) is 0 Å². The smallest absolute Gasteiger partial charge is 0.140 e. The van der Waals surface area contributed by atoms with Crippen molar-refractivity contribution in [2.24, 2.45) is 0 Å². The molecule has 3 heterocycles. The Hall–Kier alpha value is -2.14. The molecule has 0 amide bonds. The van der Waals surface area contributed by atoms with Crippen LogP contribution >= 0.6 is 11.3 Å². The van der Waals surface area contributed by atoms with Gasteiger partial charge in [-0.1, -0.05) is 12.1 Å². The average molecular weight is 324 g/mol. The summed E-state index contributed by atoms with van der Waals surface area (Å²) in [5, 5.41) is 6.94. The molecule has 5 heteroatoms. The molecule has 1 N–H and O–H groups in total. The molecule has 118 valence electrons. The normalized spacial score (nSPS) is 16.0. The van der Waals surface area contributed by atoms with E-state index in [4.69, 9.17) is 0 Å². The summed E-state index contributed by atoms with van der Waals surface area (Å²) in [7, 11) is 0. The fourth-order valence-electron chi connectivity index (χ4n) is 3.24. The van der Waals surface area contributed by atoms with Gasteiger partial charge in [-0.05, 0) is 48.9 Å². The largest absolute Gasteiger partial charge is 0.382 e. The highest BCUT2D eigenvalue weighted by Crippen LogP contribution is 2.29. The van der Waals surface area contributed by atoms with E-state index in [0.29, 0.717) is 6.04 Å². The van der Waals surface area contributed by atoms with E-state index in [9.17, 15) is 0 Å². The fraction of sp³-hybridized carbons (Fsp3) is 0.333. The highest BCUT2D eigenvalue weighted by atomic mass is 32.1. The van der Waals surface area contributed by atoms with Crippen molar-refractivity contribution in [1.29, 1.82) is 0 Å². The number of hydrogen-bond donors (Lipinski definition) is 1. The standard InChI is InChI=1S/C18H20N4S/c1-13-3-2-4-15(11-13)21-14-5-8-22(9-6-14)17-16-7-10-23-18(16)20-12-19-17/h2-4,7,10-12,14,21H,5-6,8-9H2,1H3. The fourth-order valence-corrected chi connectivity index (χ4v) is 3.96. The molecule has 0 atom stereocenters. The van der Waals surface area contributed by atoms with Crippen LogP contribution in [0.3, 0.4) is 0 Å². The number of hydrogen-bond acceptors (Lipinski definition) is 5. The molecule has 1 aliphatic rings. The molecular weight excluding hydrogens is 304 g/mol. The topological polar surface area (TPSA) is 41.0 Å². The van der Waals surface area contributed by atoms with Gasteiger partial charge < -0.3 is 10.2 Å². The lowest BCUT2D eigenvalue weighted by Gasteiger charge is -2.33. The summed E-state index contributed by atoms with van der Waals surface area (Å²) in [5.74, 6) is 1.09. The number of aromatic nitrogens is 2. The van der Waals surface area contributed by atoms with Crippen molar-refractivity contribution < 1.29 is 0 Å². The minimum atomic E-state index is 0.535. The Labute approximate surface area is 140 Å². The van der Waals surface area contributed by atoms with Gasteiger partial charge >= 0.3 is 0 Å². The van der Waals surface area contributed by atoms with Crippen molar-refractivity contribution >= 4 is 33.1 Å². The zero-order valence-corrected chi connectivity index (χ0v) is 14.0. The van der Waals surface area contributed by atoms with Gasteiger partial charge in [0.15, 0.2) is 0 Å². The van der Waals surface area contributed by atoms with Gasteiger partial charge in [0.1, 0.15) is 17.0 Å². The molecule has 4 rings (SSSR count). The van der Waals surface area contributed by atoms with Crippen molar-refractivity contribution in [3.8, 4) is 0 Å². The van der Waals surface area contributed by atoms with E-state index in [1.54, 1.807) is 17.7 Å². The van der Waals surface area contributed by atoms with Crippen LogP contribution in [0.25, 0.3) is 10.2 Å². The zero-order valence-electron chi connectivity index (χ0n) is 13.2. The van der Waals surface area contributed by atoms with Crippen LogP contribution in [-0.4, -0.2) is 29.1 Å². The van der Waals surface area contributed by atoms with Gasteiger partial charge in [-0.3, -0.25) is 0 Å². The van der Waals surface area contributed by atoms with E-state index in [2.05, 4.69) is 62.8 Å². The van der Waals surface area contributed by atoms with Crippen molar-refractivity contribution in [1.82, 2.24) is 9.97 Å². The van der Waals surface area contributed by atoms with Crippen LogP contribution < -0.4 is 10.2 Å². The molecule has 0 unspecified atom stereocenters. The second-order valence-corrected chi connectivity index (χ2v) is 7.01. The molecule has 4 nitrogen and oxygen atoms in total. The minimum Gasteiger partial charge on any atom is -0.382 e. The van der Waals surface area contributed by atoms with Gasteiger partial charge in [-0.2, -0.15) is 0 Å². The third-order valence-electron chi connectivity index (χ3n) is 4.42. The monoisotopic (exact) mass is 324 g/mol. The number of nitrogens with one attached hydrogen (secondary N) is 1. The Kier molecular flexibility index (Phi) is 3.87. The van der Waals surface area contributed by atoms with Gasteiger partial charge in [0.05, 0.1) is 5.39 Å². The predicted octanol–water partition coefficient (Wildman–Crippen LogP) is 4.08. The molecule has 0 radical (unpaired) electrons. The first-order valence-electron chi connectivity index (χ1n) is 8.06. The van der Waals surface area contributed by atoms with Gasteiger partial charge in [0.25, 0.3) is 0 Å². The molecule has 3 aromatic rings. The van der Waals surface area contributed by atoms with Gasteiger partial charge in [-0.25, -0.2) is 9.97 Å². The lowest BCUT2D eigenvalue weighted by molar-refractivity contribution is 0.524. The number of fused-ring (bicyclic) bond motifs is 1. The maximum absolute atomic E-state index is 4.52. The van der Waals surface area contributed by atoms with Crippen molar-refractivity contribution in [3.05, 3.63) is 47.6 Å². The quantitative estimate of drug-likeness (QED) is 0.788. The molecule has 1 aromatic carbocycles. The molecule has 0 spiro atoms. The van der Waals surface area contributed by atoms with Gasteiger partial charge in [0, 0.05) is 24.8 Å². The van der Waals surface area contributed by atoms with Crippen LogP contribution in [0.15, 0.2) is 42.0 Å². The Balaban J connectivity index is 1.44. The molecule has 0 bridgehead atoms. The van der Waals surface area contributed by atoms with E-state index in [1.165, 1.54) is 16.6 Å². The van der Waals surface area contributed by atoms with E-state index >= 15 is 0 Å². The number of piperidine rings is 1. The maximum atomic E-state index is 4.52. The molecule has 23 heavy (non-hydrogen) atoms. The zero-order chi connectivity index (χ0) is 15.6. The first-order chi connectivity index (χ1) is 11.3. The average Bonchev–Trinajstić information content (AvgIpc) is 3.04. The Morgan fingerprint density at radius 3 is 2.87 bits per heavy atom. The lowest BCUT2D eigenvalue weighted by Crippen LogP contribution is -2.39. The van der Waals surface area contributed by atoms with Crippen LogP contribution in [0.2, 0.25) is 0 Å². The molecule has 2 aromatic heterocycles. The minimum absolute atomic E-state index is 0.535. The Morgan fingerprint density at radius 2 is 2.04 bits per heavy atom. The molecule has 1 saturated heterocycles. The molecular formula is C18H20N4S. The second-order valence-electron chi connectivity index (χ2n) is 6.11. The summed E-state index contributed by atoms with van der Waals surface area (Å²) in [4.78, 5) is 12.3. The summed E-state index contributed by atoms with van der Waals surface area (Å²) < 4.78 is 0. The van der Waals surface area contributed by atoms with Crippen LogP contribution in [0, 0.1) is 6.92 Å². The number of thiophene rings is 1. The first-order valence-corrected chi connectivity index (χ1v) is 8.94. The SMILES string of the molecule is Cc1cccc(NC2CCN(c3ncnc4sccc34)CC2)c1. The van der Waals surface area contributed by atoms with E-state index in [1.807, 2.05) is 0 Å². The molecule has 1 aliphatic heterocycles. The predicted molar refractivity (Wildman–Crippen MR) is 97.5 cm³/mol. The number of anilines is 2. The number of aryl methyl sites for hydroxylation is 1. The molecule has 0 saturated carbocycles. The summed E-state index contributed by atoms with van der Waals surface area (Å²) in [6, 6.07) is 11.3. The third kappa shape index (κ3) is 3.01. The Bertz CT molecular complexity index is 805. The number of rotatable bonds is 3. The van der Waals surface area contributed by atoms with E-state index < -0.39 is 0 Å². The van der Waals surface area contributed by atoms with Gasteiger partial charge in [0.2, 0.25) is 0 Å². The lowest BCUT2D eigenvalue weighted by atomic mass is 10.0. The summed E-state index contributed by atoms with van der Waals surface area (Å²) >= 11 is 1.68. The molecule has 0 aliphatic carbocycles. The Morgan fingerprint density at radius 1 is 1.17 bits per heavy atom. The summed E-state index contributed by atoms with van der Waals surface area (Å²) in [5.41, 5.74) is 2.53. The third-order valence-corrected chi connectivity index (χ3v) is 5.24. The van der Waals surface area contributed by atoms with Crippen molar-refractivity contribution in [2.45, 2.75) is 25.8 Å². The van der Waals surface area contributed by atoms with Gasteiger partial charge in [-0.15, -0.1) is 11.3 Å². The van der Waals surface area contributed by atoms with Crippen LogP contribution in [0.4, 0.5) is 11.5 Å². The van der Waals surface area contributed by atoms with Crippen LogP contribution in [0.5, 0.6) is 0 Å². The molecule has 1 fully saturated rings. The number of nitrogens with zero attached hydrogens (tertiary/aromatic N) is 3. The number of benzene rings is 1. The first kappa shape index (κ1) is 14.5. The van der Waals surface area contributed by atoms with Crippen molar-refractivity contribution in [2.75, 3.05) is 23.3 Å². The summed E-state index contributed by atoms with van der Waals surface area (Å²) in [6.45, 7) is 4.20. The van der Waals surface area contributed by atoms with E-state index in [-0.39, 0.29) is 0 Å². The second kappa shape index (κ2) is 6.16. The van der Waals surface area contributed by atoms with Crippen molar-refractivity contribution in [3.63, 3.8) is 0 Å². The summed E-state index contributed by atoms with van der Waals surface area (Å²) in [6.07, 6.45) is 3.94. The van der Waals surface area contributed by atoms with Crippen LogP contribution in [0.1, 0.15) is 18.4 Å².